The van der Waals surface area contributed by atoms with E-state index in [4.69, 9.17) is 9.97 Å². The van der Waals surface area contributed by atoms with Gasteiger partial charge in [-0.25, -0.2) is 9.97 Å². The summed E-state index contributed by atoms with van der Waals surface area (Å²) in [6.45, 7) is 0. The zero-order valence-corrected chi connectivity index (χ0v) is 44.2. The van der Waals surface area contributed by atoms with Gasteiger partial charge in [-0.15, -0.1) is 0 Å². The van der Waals surface area contributed by atoms with Gasteiger partial charge in [0.2, 0.25) is 0 Å². The van der Waals surface area contributed by atoms with Gasteiger partial charge < -0.3 is 13.7 Å². The van der Waals surface area contributed by atoms with E-state index in [1.807, 2.05) is 24.3 Å². The Morgan fingerprint density at radius 1 is 0.265 bits per heavy atom. The van der Waals surface area contributed by atoms with Crippen LogP contribution in [-0.2, 0) is 0 Å². The lowest BCUT2D eigenvalue weighted by Gasteiger charge is -2.14. The maximum Gasteiger partial charge on any atom is 0.160 e. The van der Waals surface area contributed by atoms with Crippen molar-refractivity contribution in [1.82, 2.24) is 23.7 Å². The van der Waals surface area contributed by atoms with Crippen LogP contribution < -0.4 is 0 Å². The van der Waals surface area contributed by atoms with E-state index in [9.17, 15) is 21.0 Å². The summed E-state index contributed by atoms with van der Waals surface area (Å²) in [6, 6.07) is 93.5. The fourth-order valence-corrected chi connectivity index (χ4v) is 12.1. The van der Waals surface area contributed by atoms with Crippen molar-refractivity contribution < 1.29 is 0 Å². The van der Waals surface area contributed by atoms with Gasteiger partial charge in [0, 0.05) is 66.1 Å². The monoisotopic (exact) mass is 1060 g/mol. The summed E-state index contributed by atoms with van der Waals surface area (Å²) in [4.78, 5) is 9.78. The van der Waals surface area contributed by atoms with Crippen molar-refractivity contribution in [2.24, 2.45) is 0 Å². The zero-order valence-electron chi connectivity index (χ0n) is 44.2. The molecule has 0 amide bonds. The van der Waals surface area contributed by atoms with Crippen LogP contribution in [0.1, 0.15) is 22.3 Å². The molecule has 382 valence electrons. The number of nitrogens with zero attached hydrogens (tertiary/aromatic N) is 9. The smallest absolute Gasteiger partial charge is 0.160 e. The molecule has 9 heteroatoms. The second-order valence-electron chi connectivity index (χ2n) is 20.6. The summed E-state index contributed by atoms with van der Waals surface area (Å²) >= 11 is 0. The highest BCUT2D eigenvalue weighted by molar-refractivity contribution is 6.14. The van der Waals surface area contributed by atoms with Crippen molar-refractivity contribution in [3.8, 4) is 97.5 Å². The lowest BCUT2D eigenvalue weighted by Crippen LogP contribution is -2.00. The molecule has 15 aromatic rings. The molecule has 0 aliphatic carbocycles. The lowest BCUT2D eigenvalue weighted by atomic mass is 9.92. The predicted octanol–water partition coefficient (Wildman–Crippen LogP) is 17.6. The Morgan fingerprint density at radius 3 is 1.05 bits per heavy atom. The quantitative estimate of drug-likeness (QED) is 0.149. The minimum absolute atomic E-state index is 0.282. The SMILES string of the molecule is N#Cc1ccc(-c2cc(-c3c(C#N)cc(-c4ccc(-c5ccc(-n6c7ccc(-n8c9ccccc9c9ccccc98)cc7c7cc(-n8c9ccccc9c9ccccc98)ccc76)cc5)cc4)cc3C#N)nc(-c3ccc(C#N)cc3)n2)cc1. The number of para-hydroxylation sites is 4. The van der Waals surface area contributed by atoms with Crippen LogP contribution in [0.4, 0.5) is 0 Å². The Labute approximate surface area is 476 Å². The third-order valence-corrected chi connectivity index (χ3v) is 16.0. The molecular weight excluding hydrogens is 1010 g/mol. The maximum absolute atomic E-state index is 10.7. The van der Waals surface area contributed by atoms with Crippen LogP contribution >= 0.6 is 0 Å². The van der Waals surface area contributed by atoms with Crippen molar-refractivity contribution in [2.45, 2.75) is 0 Å². The van der Waals surface area contributed by atoms with E-state index in [2.05, 4.69) is 208 Å². The molecule has 4 heterocycles. The topological polar surface area (TPSA) is 136 Å². The molecule has 0 fully saturated rings. The molecule has 0 spiro atoms. The highest BCUT2D eigenvalue weighted by atomic mass is 15.0. The van der Waals surface area contributed by atoms with Gasteiger partial charge >= 0.3 is 0 Å². The number of fused-ring (bicyclic) bond motifs is 9. The highest BCUT2D eigenvalue weighted by Crippen LogP contribution is 2.41. The average molecular weight is 1060 g/mol. The van der Waals surface area contributed by atoms with Crippen LogP contribution in [-0.4, -0.2) is 23.7 Å². The third kappa shape index (κ3) is 7.90. The van der Waals surface area contributed by atoms with E-state index in [0.29, 0.717) is 45.0 Å². The van der Waals surface area contributed by atoms with Gasteiger partial charge in [-0.1, -0.05) is 121 Å². The number of aromatic nitrogens is 5. The third-order valence-electron chi connectivity index (χ3n) is 16.0. The number of nitriles is 4. The summed E-state index contributed by atoms with van der Waals surface area (Å²) in [5, 5.41) is 47.6. The number of hydrogen-bond donors (Lipinski definition) is 0. The van der Waals surface area contributed by atoms with Crippen LogP contribution in [0.15, 0.2) is 249 Å². The molecule has 0 aliphatic rings. The molecule has 0 bridgehead atoms. The molecule has 15 rings (SSSR count). The maximum atomic E-state index is 10.7. The Hall–Kier alpha value is -12.1. The average Bonchev–Trinajstić information content (AvgIpc) is 4.00. The van der Waals surface area contributed by atoms with Crippen molar-refractivity contribution in [3.63, 3.8) is 0 Å². The summed E-state index contributed by atoms with van der Waals surface area (Å²) in [6.07, 6.45) is 0. The molecule has 0 N–H and O–H groups in total. The molecule has 0 saturated carbocycles. The fraction of sp³-hybridized carbons (Fsp3) is 0. The van der Waals surface area contributed by atoms with Gasteiger partial charge in [-0.2, -0.15) is 21.0 Å². The van der Waals surface area contributed by atoms with Crippen LogP contribution in [0.3, 0.4) is 0 Å². The molecule has 9 nitrogen and oxygen atoms in total. The first-order valence-electron chi connectivity index (χ1n) is 27.1. The number of rotatable bonds is 8. The van der Waals surface area contributed by atoms with Crippen molar-refractivity contribution in [2.75, 3.05) is 0 Å². The first kappa shape index (κ1) is 48.0. The number of hydrogen-bond acceptors (Lipinski definition) is 6. The molecule has 0 aliphatic heterocycles. The minimum atomic E-state index is 0.282. The lowest BCUT2D eigenvalue weighted by molar-refractivity contribution is 1.16. The summed E-state index contributed by atoms with van der Waals surface area (Å²) < 4.78 is 7.14. The summed E-state index contributed by atoms with van der Waals surface area (Å²) in [5.74, 6) is 0.358. The summed E-state index contributed by atoms with van der Waals surface area (Å²) in [5.41, 5.74) is 17.9. The molecule has 0 saturated heterocycles. The molecular formula is C74H41N9. The minimum Gasteiger partial charge on any atom is -0.309 e. The molecule has 4 aromatic heterocycles. The van der Waals surface area contributed by atoms with E-state index in [0.717, 1.165) is 83.2 Å². The second kappa shape index (κ2) is 19.3. The fourth-order valence-electron chi connectivity index (χ4n) is 12.1. The zero-order chi connectivity index (χ0) is 55.7. The second-order valence-corrected chi connectivity index (χ2v) is 20.6. The van der Waals surface area contributed by atoms with E-state index >= 15 is 0 Å². The van der Waals surface area contributed by atoms with Gasteiger partial charge in [-0.05, 0) is 150 Å². The highest BCUT2D eigenvalue weighted by Gasteiger charge is 2.22. The van der Waals surface area contributed by atoms with E-state index in [1.54, 1.807) is 54.6 Å². The molecule has 0 atom stereocenters. The number of benzene rings is 11. The van der Waals surface area contributed by atoms with Gasteiger partial charge in [-0.3, -0.25) is 0 Å². The van der Waals surface area contributed by atoms with Crippen molar-refractivity contribution >= 4 is 65.4 Å². The largest absolute Gasteiger partial charge is 0.309 e. The predicted molar refractivity (Wildman–Crippen MR) is 331 cm³/mol. The van der Waals surface area contributed by atoms with E-state index in [1.165, 1.54) is 21.5 Å². The Morgan fingerprint density at radius 2 is 0.614 bits per heavy atom. The van der Waals surface area contributed by atoms with Crippen LogP contribution in [0, 0.1) is 45.3 Å². The van der Waals surface area contributed by atoms with Gasteiger partial charge in [0.15, 0.2) is 5.82 Å². The van der Waals surface area contributed by atoms with Gasteiger partial charge in [0.25, 0.3) is 0 Å². The first-order valence-corrected chi connectivity index (χ1v) is 27.1. The molecule has 0 radical (unpaired) electrons. The van der Waals surface area contributed by atoms with Crippen LogP contribution in [0.5, 0.6) is 0 Å². The summed E-state index contributed by atoms with van der Waals surface area (Å²) in [7, 11) is 0. The first-order chi connectivity index (χ1) is 40.9. The van der Waals surface area contributed by atoms with Crippen molar-refractivity contribution in [3.05, 3.63) is 271 Å². The van der Waals surface area contributed by atoms with E-state index in [-0.39, 0.29) is 11.1 Å². The standard InChI is InChI=1S/C74H41N9/c75-42-46-17-21-51(22-18-46)65-41-66(80-74(79-65)52-23-19-47(43-76)20-24-52)73-54(44-77)37-53(38-55(73)45-78)50-27-25-48(26-28-50)49-29-31-56(32-30-49)81-71-35-33-57(82-67-13-5-1-9-59(67)60-10-2-6-14-68(60)82)39-63(71)64-40-58(34-36-72(64)81)83-69-15-7-3-11-61(69)62-12-4-8-16-70(62)83/h1-41H. The Balaban J connectivity index is 0.803. The van der Waals surface area contributed by atoms with Gasteiger partial charge in [0.1, 0.15) is 0 Å². The Kier molecular flexibility index (Phi) is 11.2. The van der Waals surface area contributed by atoms with E-state index < -0.39 is 0 Å². The molecule has 0 unspecified atom stereocenters. The van der Waals surface area contributed by atoms with Crippen molar-refractivity contribution in [1.29, 1.82) is 21.0 Å². The molecule has 83 heavy (non-hydrogen) atoms. The van der Waals surface area contributed by atoms with Gasteiger partial charge in [0.05, 0.1) is 91.0 Å². The Bertz CT molecular complexity index is 4950. The van der Waals surface area contributed by atoms with Crippen LogP contribution in [0.25, 0.3) is 139 Å². The molecule has 11 aromatic carbocycles. The van der Waals surface area contributed by atoms with Crippen LogP contribution in [0.2, 0.25) is 0 Å². The normalized spacial score (nSPS) is 11.3.